The van der Waals surface area contributed by atoms with E-state index >= 15 is 0 Å². The Morgan fingerprint density at radius 1 is 1.22 bits per heavy atom. The van der Waals surface area contributed by atoms with Crippen molar-refractivity contribution in [3.05, 3.63) is 11.4 Å². The average molecular weight is 274 g/mol. The summed E-state index contributed by atoms with van der Waals surface area (Å²) in [5.74, 6) is 0. The lowest BCUT2D eigenvalue weighted by molar-refractivity contribution is 0.549. The van der Waals surface area contributed by atoms with E-state index in [1.165, 1.54) is 0 Å². The first-order chi connectivity index (χ1) is 8.44. The van der Waals surface area contributed by atoms with Crippen molar-refractivity contribution < 1.29 is 8.42 Å². The molecule has 0 aliphatic rings. The summed E-state index contributed by atoms with van der Waals surface area (Å²) < 4.78 is 28.3. The van der Waals surface area contributed by atoms with Crippen LogP contribution in [0.3, 0.4) is 0 Å². The molecule has 18 heavy (non-hydrogen) atoms. The van der Waals surface area contributed by atoms with Crippen LogP contribution >= 0.6 is 0 Å². The first kappa shape index (κ1) is 15.1. The Hall–Kier alpha value is -0.920. The number of hydrogen-bond donors (Lipinski definition) is 2. The van der Waals surface area contributed by atoms with E-state index in [1.54, 1.807) is 25.5 Å². The predicted molar refractivity (Wildman–Crippen MR) is 71.1 cm³/mol. The summed E-state index contributed by atoms with van der Waals surface area (Å²) in [5.41, 5.74) is 1.23. The number of nitrogens with one attached hydrogen (secondary N) is 2. The van der Waals surface area contributed by atoms with E-state index in [4.69, 9.17) is 0 Å². The lowest BCUT2D eigenvalue weighted by Gasteiger charge is -2.06. The molecule has 6 nitrogen and oxygen atoms in total. The van der Waals surface area contributed by atoms with Crippen molar-refractivity contribution >= 4 is 10.0 Å². The molecule has 0 saturated carbocycles. The summed E-state index contributed by atoms with van der Waals surface area (Å²) in [6, 6.07) is 0. The Bertz CT molecular complexity index is 493. The molecule has 1 aromatic heterocycles. The molecule has 0 saturated heterocycles. The largest absolute Gasteiger partial charge is 0.315 e. The van der Waals surface area contributed by atoms with Gasteiger partial charge in [-0.25, -0.2) is 13.1 Å². The van der Waals surface area contributed by atoms with E-state index in [-0.39, 0.29) is 0 Å². The van der Waals surface area contributed by atoms with Gasteiger partial charge in [0.2, 0.25) is 10.0 Å². The topological polar surface area (TPSA) is 76.0 Å². The number of rotatable bonds is 7. The zero-order chi connectivity index (χ0) is 13.8. The zero-order valence-electron chi connectivity index (χ0n) is 11.4. The van der Waals surface area contributed by atoms with E-state index < -0.39 is 10.0 Å². The highest BCUT2D eigenvalue weighted by atomic mass is 32.2. The predicted octanol–water partition coefficient (Wildman–Crippen LogP) is 0.408. The smallest absolute Gasteiger partial charge is 0.244 e. The molecular weight excluding hydrogens is 252 g/mol. The van der Waals surface area contributed by atoms with Crippen molar-refractivity contribution in [2.24, 2.45) is 0 Å². The van der Waals surface area contributed by atoms with Crippen molar-refractivity contribution in [1.82, 2.24) is 19.8 Å². The fraction of sp³-hybridized carbons (Fsp3) is 0.727. The van der Waals surface area contributed by atoms with E-state index in [9.17, 15) is 8.42 Å². The highest BCUT2D eigenvalue weighted by Crippen LogP contribution is 2.18. The number of sulfonamides is 1. The summed E-state index contributed by atoms with van der Waals surface area (Å²) in [7, 11) is -3.44. The Kier molecular flexibility index (Phi) is 5.30. The third-order valence-corrected chi connectivity index (χ3v) is 4.47. The van der Waals surface area contributed by atoms with Gasteiger partial charge >= 0.3 is 0 Å². The molecule has 1 aromatic rings. The van der Waals surface area contributed by atoms with Gasteiger partial charge in [-0.05, 0) is 20.4 Å². The first-order valence-corrected chi connectivity index (χ1v) is 7.66. The van der Waals surface area contributed by atoms with Crippen LogP contribution in [-0.2, 0) is 16.6 Å². The normalized spacial score (nSPS) is 12.0. The van der Waals surface area contributed by atoms with Crippen molar-refractivity contribution in [1.29, 1.82) is 0 Å². The van der Waals surface area contributed by atoms with Gasteiger partial charge in [-0.3, -0.25) is 4.68 Å². The number of aryl methyl sites for hydroxylation is 1. The van der Waals surface area contributed by atoms with Crippen LogP contribution in [0.5, 0.6) is 0 Å². The second kappa shape index (κ2) is 6.31. The number of hydrogen-bond acceptors (Lipinski definition) is 4. The Morgan fingerprint density at radius 3 is 2.44 bits per heavy atom. The van der Waals surface area contributed by atoms with E-state index in [1.807, 2.05) is 6.92 Å². The standard InChI is InChI=1S/C11H22N4O2S/c1-5-12-7-8-15-10(4)11(9(3)14-15)18(16,17)13-6-2/h12-13H,5-8H2,1-4H3. The minimum atomic E-state index is -3.44. The molecule has 0 aliphatic carbocycles. The van der Waals surface area contributed by atoms with Crippen molar-refractivity contribution in [3.8, 4) is 0 Å². The maximum Gasteiger partial charge on any atom is 0.244 e. The van der Waals surface area contributed by atoms with Crippen LogP contribution in [0.2, 0.25) is 0 Å². The van der Waals surface area contributed by atoms with E-state index in [2.05, 4.69) is 15.1 Å². The maximum atomic E-state index is 12.0. The quantitative estimate of drug-likeness (QED) is 0.706. The second-order valence-corrected chi connectivity index (χ2v) is 5.78. The molecular formula is C11H22N4O2S. The fourth-order valence-corrected chi connectivity index (χ4v) is 3.36. The van der Waals surface area contributed by atoms with E-state index in [0.717, 1.165) is 13.1 Å². The van der Waals surface area contributed by atoms with Gasteiger partial charge in [0.1, 0.15) is 4.90 Å². The Labute approximate surface area is 109 Å². The van der Waals surface area contributed by atoms with Crippen LogP contribution in [0.1, 0.15) is 25.2 Å². The number of nitrogens with zero attached hydrogens (tertiary/aromatic N) is 2. The highest BCUT2D eigenvalue weighted by Gasteiger charge is 2.23. The minimum absolute atomic E-state index is 0.306. The van der Waals surface area contributed by atoms with Crippen molar-refractivity contribution in [2.45, 2.75) is 39.1 Å². The lowest BCUT2D eigenvalue weighted by Crippen LogP contribution is -2.24. The van der Waals surface area contributed by atoms with Crippen LogP contribution in [0.15, 0.2) is 4.90 Å². The summed E-state index contributed by atoms with van der Waals surface area (Å²) in [5, 5.41) is 7.48. The van der Waals surface area contributed by atoms with Gasteiger partial charge in [0.25, 0.3) is 0 Å². The SMILES string of the molecule is CCNCCn1nc(C)c(S(=O)(=O)NCC)c1C. The molecule has 0 aliphatic heterocycles. The number of likely N-dealkylation sites (N-methyl/N-ethyl adjacent to an activating group) is 1. The van der Waals surface area contributed by atoms with Crippen LogP contribution in [0, 0.1) is 13.8 Å². The van der Waals surface area contributed by atoms with Gasteiger partial charge in [-0.15, -0.1) is 0 Å². The molecule has 0 bridgehead atoms. The number of aromatic nitrogens is 2. The van der Waals surface area contributed by atoms with Crippen LogP contribution in [-0.4, -0.2) is 37.8 Å². The molecule has 1 heterocycles. The molecule has 0 atom stereocenters. The molecule has 2 N–H and O–H groups in total. The Morgan fingerprint density at radius 2 is 1.89 bits per heavy atom. The lowest BCUT2D eigenvalue weighted by atomic mass is 10.4. The summed E-state index contributed by atoms with van der Waals surface area (Å²) in [6.45, 7) is 10.0. The summed E-state index contributed by atoms with van der Waals surface area (Å²) >= 11 is 0. The van der Waals surface area contributed by atoms with Gasteiger partial charge in [0, 0.05) is 13.1 Å². The second-order valence-electron chi connectivity index (χ2n) is 4.08. The van der Waals surface area contributed by atoms with Gasteiger partial charge in [0.15, 0.2) is 0 Å². The highest BCUT2D eigenvalue weighted by molar-refractivity contribution is 7.89. The summed E-state index contributed by atoms with van der Waals surface area (Å²) in [6.07, 6.45) is 0. The van der Waals surface area contributed by atoms with Crippen LogP contribution < -0.4 is 10.0 Å². The van der Waals surface area contributed by atoms with Crippen molar-refractivity contribution in [2.75, 3.05) is 19.6 Å². The van der Waals surface area contributed by atoms with Gasteiger partial charge in [0.05, 0.1) is 17.9 Å². The van der Waals surface area contributed by atoms with Gasteiger partial charge in [-0.1, -0.05) is 13.8 Å². The molecule has 0 fully saturated rings. The molecule has 0 aromatic carbocycles. The molecule has 1 rings (SSSR count). The van der Waals surface area contributed by atoms with Gasteiger partial charge < -0.3 is 5.32 Å². The van der Waals surface area contributed by atoms with Crippen LogP contribution in [0.4, 0.5) is 0 Å². The average Bonchev–Trinajstić information content (AvgIpc) is 2.55. The first-order valence-electron chi connectivity index (χ1n) is 6.18. The molecule has 0 spiro atoms. The van der Waals surface area contributed by atoms with Gasteiger partial charge in [-0.2, -0.15) is 5.10 Å². The van der Waals surface area contributed by atoms with E-state index in [0.29, 0.717) is 29.4 Å². The Balaban J connectivity index is 3.01. The maximum absolute atomic E-state index is 12.0. The molecule has 104 valence electrons. The zero-order valence-corrected chi connectivity index (χ0v) is 12.3. The fourth-order valence-electron chi connectivity index (χ4n) is 1.91. The monoisotopic (exact) mass is 274 g/mol. The minimum Gasteiger partial charge on any atom is -0.315 e. The molecule has 0 unspecified atom stereocenters. The summed E-state index contributed by atoms with van der Waals surface area (Å²) in [4.78, 5) is 0.306. The molecule has 0 radical (unpaired) electrons. The van der Waals surface area contributed by atoms with Crippen molar-refractivity contribution in [3.63, 3.8) is 0 Å². The third kappa shape index (κ3) is 3.30. The third-order valence-electron chi connectivity index (χ3n) is 2.67. The molecule has 0 amide bonds. The van der Waals surface area contributed by atoms with Crippen LogP contribution in [0.25, 0.3) is 0 Å². The molecule has 7 heteroatoms.